The second-order valence-corrected chi connectivity index (χ2v) is 3.70. The quantitative estimate of drug-likeness (QED) is 0.696. The first-order valence-corrected chi connectivity index (χ1v) is 4.88. The highest BCUT2D eigenvalue weighted by Crippen LogP contribution is 2.20. The van der Waals surface area contributed by atoms with E-state index in [-0.39, 0.29) is 0 Å². The van der Waals surface area contributed by atoms with Gasteiger partial charge in [-0.25, -0.2) is 0 Å². The maximum atomic E-state index is 7.82. The Morgan fingerprint density at radius 1 is 0.846 bits per heavy atom. The minimum absolute atomic E-state index is 0.547. The van der Waals surface area contributed by atoms with Crippen LogP contribution >= 0.6 is 15.9 Å². The van der Waals surface area contributed by atoms with Crippen molar-refractivity contribution in [1.82, 2.24) is 0 Å². The lowest BCUT2D eigenvalue weighted by molar-refractivity contribution is 1.59. The predicted octanol–water partition coefficient (Wildman–Crippen LogP) is 4.12. The van der Waals surface area contributed by atoms with Crippen LogP contribution in [-0.4, -0.2) is 0 Å². The second kappa shape index (κ2) is 3.75. The van der Waals surface area contributed by atoms with Crippen molar-refractivity contribution in [2.24, 2.45) is 0 Å². The molecule has 0 aliphatic heterocycles. The van der Waals surface area contributed by atoms with Crippen LogP contribution in [0.15, 0.2) is 59.0 Å². The van der Waals surface area contributed by atoms with Crippen molar-refractivity contribution < 1.29 is 1.37 Å². The minimum Gasteiger partial charge on any atom is -0.0622 e. The van der Waals surface area contributed by atoms with Crippen LogP contribution in [-0.2, 0) is 0 Å². The van der Waals surface area contributed by atoms with Gasteiger partial charge in [0.05, 0.1) is 1.37 Å². The zero-order valence-electron chi connectivity index (χ0n) is 8.00. The number of hydrogen-bond acceptors (Lipinski definition) is 0. The van der Waals surface area contributed by atoms with Gasteiger partial charge in [-0.3, -0.25) is 0 Å². The summed E-state index contributed by atoms with van der Waals surface area (Å²) in [7, 11) is 0. The molecule has 0 fully saturated rings. The van der Waals surface area contributed by atoms with Crippen LogP contribution in [0.25, 0.3) is 11.1 Å². The first-order chi connectivity index (χ1) is 6.77. The molecule has 0 aromatic heterocycles. The van der Waals surface area contributed by atoms with Gasteiger partial charge in [0.1, 0.15) is 0 Å². The van der Waals surface area contributed by atoms with Gasteiger partial charge in [0.15, 0.2) is 0 Å². The third-order valence-electron chi connectivity index (χ3n) is 1.86. The van der Waals surface area contributed by atoms with Gasteiger partial charge >= 0.3 is 0 Å². The van der Waals surface area contributed by atoms with Crippen LogP contribution in [0, 0.1) is 0 Å². The lowest BCUT2D eigenvalue weighted by Gasteiger charge is -2.00. The van der Waals surface area contributed by atoms with E-state index in [1.54, 1.807) is 0 Å². The summed E-state index contributed by atoms with van der Waals surface area (Å²) in [4.78, 5) is 0. The molecule has 0 saturated heterocycles. The number of rotatable bonds is 1. The predicted molar refractivity (Wildman–Crippen MR) is 59.6 cm³/mol. The van der Waals surface area contributed by atoms with Crippen molar-refractivity contribution in [2.75, 3.05) is 0 Å². The normalized spacial score (nSPS) is 11.0. The summed E-state index contributed by atoms with van der Waals surface area (Å²) in [6.45, 7) is 0. The number of halogens is 1. The summed E-state index contributed by atoms with van der Waals surface area (Å²) in [6.07, 6.45) is 0. The monoisotopic (exact) mass is 233 g/mol. The Kier molecular flexibility index (Phi) is 2.12. The lowest BCUT2D eigenvalue weighted by Crippen LogP contribution is -1.75. The van der Waals surface area contributed by atoms with Gasteiger partial charge in [0, 0.05) is 4.47 Å². The summed E-state index contributed by atoms with van der Waals surface area (Å²) in [6, 6.07) is 16.2. The van der Waals surface area contributed by atoms with Gasteiger partial charge in [-0.05, 0) is 23.3 Å². The fraction of sp³-hybridized carbons (Fsp3) is 0. The van der Waals surface area contributed by atoms with Gasteiger partial charge in [-0.2, -0.15) is 0 Å². The van der Waals surface area contributed by atoms with Gasteiger partial charge in [-0.15, -0.1) is 0 Å². The number of benzene rings is 2. The Morgan fingerprint density at radius 3 is 2.31 bits per heavy atom. The highest BCUT2D eigenvalue weighted by atomic mass is 79.9. The number of hydrogen-bond donors (Lipinski definition) is 0. The Bertz CT molecular complexity index is 437. The molecule has 0 bridgehead atoms. The lowest BCUT2D eigenvalue weighted by atomic mass is 10.1. The molecule has 0 heterocycles. The van der Waals surface area contributed by atoms with E-state index in [0.29, 0.717) is 6.04 Å². The Balaban J connectivity index is 2.53. The van der Waals surface area contributed by atoms with Gasteiger partial charge in [0.25, 0.3) is 0 Å². The van der Waals surface area contributed by atoms with E-state index in [4.69, 9.17) is 1.37 Å². The van der Waals surface area contributed by atoms with E-state index in [1.807, 2.05) is 48.5 Å². The Labute approximate surface area is 87.8 Å². The Morgan fingerprint density at radius 2 is 1.62 bits per heavy atom. The molecule has 0 spiro atoms. The molecule has 0 saturated carbocycles. The second-order valence-electron chi connectivity index (χ2n) is 2.79. The molecule has 0 unspecified atom stereocenters. The van der Waals surface area contributed by atoms with E-state index in [1.165, 1.54) is 0 Å². The molecular formula is C12H9Br. The van der Waals surface area contributed by atoms with Gasteiger partial charge in [-0.1, -0.05) is 58.4 Å². The minimum atomic E-state index is 0.547. The topological polar surface area (TPSA) is 0 Å². The third kappa shape index (κ3) is 1.99. The zero-order chi connectivity index (χ0) is 9.97. The van der Waals surface area contributed by atoms with Gasteiger partial charge in [0.2, 0.25) is 0 Å². The molecule has 0 amide bonds. The van der Waals surface area contributed by atoms with Crippen molar-refractivity contribution >= 4 is 15.9 Å². The summed E-state index contributed by atoms with van der Waals surface area (Å²) in [5.41, 5.74) is 2.05. The van der Waals surface area contributed by atoms with Crippen LogP contribution in [0.2, 0.25) is 0 Å². The van der Waals surface area contributed by atoms with Crippen LogP contribution in [0.4, 0.5) is 0 Å². The zero-order valence-corrected chi connectivity index (χ0v) is 8.58. The fourth-order valence-corrected chi connectivity index (χ4v) is 1.45. The third-order valence-corrected chi connectivity index (χ3v) is 2.35. The molecule has 64 valence electrons. The highest BCUT2D eigenvalue weighted by Gasteiger charge is 1.94. The standard InChI is InChI=1S/C12H9Br/c13-12-8-6-11(7-9-12)10-4-2-1-3-5-10/h1-9H/i6D. The molecule has 1 heteroatoms. The molecule has 0 nitrogen and oxygen atoms in total. The molecule has 2 rings (SSSR count). The van der Waals surface area contributed by atoms with Crippen LogP contribution in [0.1, 0.15) is 1.37 Å². The van der Waals surface area contributed by atoms with E-state index in [9.17, 15) is 0 Å². The van der Waals surface area contributed by atoms with Crippen molar-refractivity contribution in [2.45, 2.75) is 0 Å². The van der Waals surface area contributed by atoms with E-state index >= 15 is 0 Å². The molecule has 0 aliphatic rings. The maximum absolute atomic E-state index is 7.82. The summed E-state index contributed by atoms with van der Waals surface area (Å²) < 4.78 is 8.77. The van der Waals surface area contributed by atoms with Crippen LogP contribution in [0.5, 0.6) is 0 Å². The SMILES string of the molecule is [2H]c1cc(Br)ccc1-c1ccccc1. The molecule has 0 atom stereocenters. The first-order valence-electron chi connectivity index (χ1n) is 4.59. The summed E-state index contributed by atoms with van der Waals surface area (Å²) in [5, 5.41) is 0. The molecule has 0 N–H and O–H groups in total. The molecule has 0 aliphatic carbocycles. The van der Waals surface area contributed by atoms with Crippen molar-refractivity contribution in [3.8, 4) is 11.1 Å². The van der Waals surface area contributed by atoms with E-state index in [0.717, 1.165) is 15.6 Å². The summed E-state index contributed by atoms with van der Waals surface area (Å²) in [5.74, 6) is 0. The first kappa shape index (κ1) is 7.34. The molecule has 13 heavy (non-hydrogen) atoms. The van der Waals surface area contributed by atoms with Crippen molar-refractivity contribution in [1.29, 1.82) is 0 Å². The molecular weight excluding hydrogens is 224 g/mol. The summed E-state index contributed by atoms with van der Waals surface area (Å²) >= 11 is 3.35. The van der Waals surface area contributed by atoms with Crippen molar-refractivity contribution in [3.05, 3.63) is 59.0 Å². The fourth-order valence-electron chi connectivity index (χ4n) is 1.20. The molecule has 2 aromatic rings. The van der Waals surface area contributed by atoms with Gasteiger partial charge < -0.3 is 0 Å². The highest BCUT2D eigenvalue weighted by molar-refractivity contribution is 9.10. The molecule has 0 radical (unpaired) electrons. The molecule has 2 aromatic carbocycles. The van der Waals surface area contributed by atoms with E-state index in [2.05, 4.69) is 15.9 Å². The Hall–Kier alpha value is -1.08. The average molecular weight is 234 g/mol. The maximum Gasteiger partial charge on any atom is 0.0630 e. The van der Waals surface area contributed by atoms with Crippen molar-refractivity contribution in [3.63, 3.8) is 0 Å². The average Bonchev–Trinajstić information content (AvgIpc) is 2.19. The van der Waals surface area contributed by atoms with Crippen LogP contribution < -0.4 is 0 Å². The van der Waals surface area contributed by atoms with Crippen LogP contribution in [0.3, 0.4) is 0 Å². The largest absolute Gasteiger partial charge is 0.0630 e. The smallest absolute Gasteiger partial charge is 0.0622 e. The van der Waals surface area contributed by atoms with E-state index < -0.39 is 0 Å².